The molecule has 6 aliphatic heterocycles. The van der Waals surface area contributed by atoms with Crippen molar-refractivity contribution < 1.29 is 88.3 Å². The van der Waals surface area contributed by atoms with Gasteiger partial charge in [-0.1, -0.05) is 47.5 Å². The molecular weight excluding hydrogens is 1170 g/mol. The Hall–Kier alpha value is -10.5. The highest BCUT2D eigenvalue weighted by atomic mass is 35.5. The molecule has 0 aliphatic carbocycles. The number of aliphatic hydroxyl groups is 1. The third kappa shape index (κ3) is 11.0. The number of benzene rings is 7. The van der Waals surface area contributed by atoms with Gasteiger partial charge in [0.25, 0.3) is 0 Å². The van der Waals surface area contributed by atoms with Crippen molar-refractivity contribution in [1.29, 1.82) is 0 Å². The van der Waals surface area contributed by atoms with Crippen LogP contribution in [0.25, 0.3) is 11.1 Å². The summed E-state index contributed by atoms with van der Waals surface area (Å²) >= 11 is 13.7. The highest BCUT2D eigenvalue weighted by Crippen LogP contribution is 2.48. The van der Waals surface area contributed by atoms with Crippen LogP contribution in [-0.4, -0.2) is 96.4 Å². The van der Waals surface area contributed by atoms with Crippen LogP contribution in [0.15, 0.2) is 115 Å². The molecule has 7 aromatic rings. The summed E-state index contributed by atoms with van der Waals surface area (Å²) in [6.45, 7) is 0. The number of nitrogens with two attached hydrogens (primary N) is 1. The molecule has 0 fully saturated rings. The number of amides is 6. The molecule has 17 bridgehead atoms. The van der Waals surface area contributed by atoms with Crippen molar-refractivity contribution in [3.05, 3.63) is 164 Å². The minimum Gasteiger partial charge on any atom is -0.508 e. The molecule has 15 N–H and O–H groups in total. The third-order valence-corrected chi connectivity index (χ3v) is 15.2. The molecule has 0 unspecified atom stereocenters. The Morgan fingerprint density at radius 2 is 1.10 bits per heavy atom. The number of rotatable bonds is 1. The average Bonchev–Trinajstić information content (AvgIpc) is 2.09. The van der Waals surface area contributed by atoms with Crippen LogP contribution in [-0.2, 0) is 44.7 Å². The Labute approximate surface area is 494 Å². The van der Waals surface area contributed by atoms with E-state index in [1.54, 1.807) is 0 Å². The number of nitrogens with one attached hydrogen (secondary N) is 6. The Kier molecular flexibility index (Phi) is 15.1. The van der Waals surface area contributed by atoms with Crippen LogP contribution in [0.5, 0.6) is 69.0 Å². The highest BCUT2D eigenvalue weighted by molar-refractivity contribution is 6.32. The summed E-state index contributed by atoms with van der Waals surface area (Å²) in [5.41, 5.74) is 4.82. The van der Waals surface area contributed by atoms with Crippen molar-refractivity contribution in [2.75, 3.05) is 7.11 Å². The van der Waals surface area contributed by atoms with Gasteiger partial charge in [0.2, 0.25) is 41.2 Å². The third-order valence-electron chi connectivity index (χ3n) is 14.6. The number of methoxy groups -OCH3 is 1. The smallest absolute Gasteiger partial charge is 0.333 e. The monoisotopic (exact) mass is 1210 g/mol. The largest absolute Gasteiger partial charge is 0.508 e. The van der Waals surface area contributed by atoms with E-state index in [9.17, 15) is 54.9 Å². The van der Waals surface area contributed by atoms with Crippen molar-refractivity contribution in [3.63, 3.8) is 0 Å². The highest BCUT2D eigenvalue weighted by Gasteiger charge is 2.41. The Bertz CT molecular complexity index is 4050. The number of halogens is 2. The van der Waals surface area contributed by atoms with Gasteiger partial charge in [0.15, 0.2) is 29.0 Å². The van der Waals surface area contributed by atoms with Crippen LogP contribution in [0.4, 0.5) is 0 Å². The SMILES string of the molecule is COC(=O)[C@H]1NC(=O)[C@H]2NC(=O)[C@H](NC(=O)[C@@H]3NC(=O)[C@H]4NC(=O)[C@@H](Cc5ccc(c(Cl)c5)Oc5cc3cc(c5O)Oc3ccc(cc3Cl)[C@H]2O)NC(=O)[C@@H](N)c2ccc(O)c(c2)Oc2cc(O)cc4c2)c2ccc(O)c(c2)-c2c(O)cc(O)cc21. The second kappa shape index (κ2) is 22.6. The standard InChI is InChI=1S/C59H47Cl2N7O18/c1-83-59(82)49-32-20-29(70)21-38(73)44(32)31-14-24(4-6-36(31)71)46-55(78)68-50(58(81)67-49)51(74)25-5-9-40(34(61)15-25)86-43-18-27-17-42(52(43)75)85-39-8-2-22(10-33(39)60)11-35-53(76)64-47(56(79)66-48(27)57(80)65-46)26-12-28(69)19-30(13-26)84-41-16-23(3-7-37(41)72)45(62)54(77)63-35/h2-10,12-21,35,45-51,69-75H,11,62H2,1H3,(H,63,77)(H,64,76)(H,65,80)(H,66,79)(H,67,81)(H,68,78)/t35-,45+,46-,47+,48-,49+,50+,51-/m1/s1. The van der Waals surface area contributed by atoms with Crippen LogP contribution in [0, 0.1) is 0 Å². The maximum atomic E-state index is 15.7. The molecule has 7 aromatic carbocycles. The van der Waals surface area contributed by atoms with E-state index in [2.05, 4.69) is 31.9 Å². The first kappa shape index (κ1) is 57.4. The molecule has 440 valence electrons. The number of hydrogen-bond acceptors (Lipinski definition) is 19. The van der Waals surface area contributed by atoms with Gasteiger partial charge in [-0.3, -0.25) is 28.8 Å². The number of aromatic hydroxyl groups is 6. The molecule has 0 saturated heterocycles. The van der Waals surface area contributed by atoms with Crippen LogP contribution in [0.2, 0.25) is 10.0 Å². The quantitative estimate of drug-likeness (QED) is 0.0954. The van der Waals surface area contributed by atoms with Crippen molar-refractivity contribution in [2.24, 2.45) is 5.73 Å². The van der Waals surface area contributed by atoms with Gasteiger partial charge < -0.3 is 92.3 Å². The topological polar surface area (TPSA) is 396 Å². The molecule has 86 heavy (non-hydrogen) atoms. The van der Waals surface area contributed by atoms with Gasteiger partial charge >= 0.3 is 5.97 Å². The van der Waals surface area contributed by atoms with E-state index < -0.39 is 141 Å². The Morgan fingerprint density at radius 1 is 0.523 bits per heavy atom. The lowest BCUT2D eigenvalue weighted by molar-refractivity contribution is -0.146. The van der Waals surface area contributed by atoms with E-state index in [0.29, 0.717) is 5.56 Å². The van der Waals surface area contributed by atoms with E-state index in [4.69, 9.17) is 47.9 Å². The fourth-order valence-corrected chi connectivity index (χ4v) is 10.8. The fraction of sp³-hybridized carbons (Fsp3) is 0.169. The average molecular weight is 1210 g/mol. The van der Waals surface area contributed by atoms with Gasteiger partial charge in [0.1, 0.15) is 82.6 Å². The predicted octanol–water partition coefficient (Wildman–Crippen LogP) is 5.07. The van der Waals surface area contributed by atoms with E-state index in [0.717, 1.165) is 67.8 Å². The number of ether oxygens (including phenoxy) is 4. The maximum absolute atomic E-state index is 15.7. The zero-order chi connectivity index (χ0) is 61.2. The number of phenols is 6. The zero-order valence-electron chi connectivity index (χ0n) is 44.3. The number of carbonyl (C=O) groups excluding carboxylic acids is 7. The molecular formula is C59H47Cl2N7O18. The molecule has 0 aromatic heterocycles. The Morgan fingerprint density at radius 3 is 1.78 bits per heavy atom. The van der Waals surface area contributed by atoms with Gasteiger partial charge in [-0.15, -0.1) is 0 Å². The summed E-state index contributed by atoms with van der Waals surface area (Å²) in [5, 5.41) is 95.0. The fourth-order valence-electron chi connectivity index (χ4n) is 10.3. The first-order valence-corrected chi connectivity index (χ1v) is 26.7. The van der Waals surface area contributed by atoms with Gasteiger partial charge in [0, 0.05) is 35.2 Å². The molecule has 0 saturated carbocycles. The number of hydrogen-bond donors (Lipinski definition) is 14. The molecule has 6 aliphatic rings. The first-order valence-electron chi connectivity index (χ1n) is 25.9. The zero-order valence-corrected chi connectivity index (χ0v) is 45.8. The predicted molar refractivity (Wildman–Crippen MR) is 299 cm³/mol. The minimum atomic E-state index is -2.15. The lowest BCUT2D eigenvalue weighted by Crippen LogP contribution is -2.55. The summed E-state index contributed by atoms with van der Waals surface area (Å²) in [5.74, 6) is -13.9. The van der Waals surface area contributed by atoms with E-state index >= 15 is 14.4 Å². The molecule has 13 rings (SSSR count). The van der Waals surface area contributed by atoms with Gasteiger partial charge in [-0.25, -0.2) is 4.79 Å². The van der Waals surface area contributed by atoms with Gasteiger partial charge in [-0.05, 0) is 112 Å². The first-order chi connectivity index (χ1) is 41.0. The Balaban J connectivity index is 1.14. The summed E-state index contributed by atoms with van der Waals surface area (Å²) in [6.07, 6.45) is -2.42. The number of phenolic OH excluding ortho intramolecular Hbond substituents is 6. The van der Waals surface area contributed by atoms with E-state index in [1.165, 1.54) is 54.6 Å². The van der Waals surface area contributed by atoms with Crippen molar-refractivity contribution in [3.8, 4) is 80.1 Å². The number of esters is 1. The number of carbonyl (C=O) groups is 7. The molecule has 0 radical (unpaired) electrons. The van der Waals surface area contributed by atoms with Crippen LogP contribution in [0.3, 0.4) is 0 Å². The lowest BCUT2D eigenvalue weighted by Gasteiger charge is -2.31. The minimum absolute atomic E-state index is 0.121. The number of fused-ring (bicyclic) bond motifs is 14. The van der Waals surface area contributed by atoms with Gasteiger partial charge in [-0.2, -0.15) is 0 Å². The summed E-state index contributed by atoms with van der Waals surface area (Å²) in [7, 11) is 0.966. The molecule has 25 nitrogen and oxygen atoms in total. The van der Waals surface area contributed by atoms with Gasteiger partial charge in [0.05, 0.1) is 17.2 Å². The second-order valence-electron chi connectivity index (χ2n) is 20.3. The normalized spacial score (nSPS) is 21.9. The second-order valence-corrected chi connectivity index (χ2v) is 21.1. The molecule has 27 heteroatoms. The lowest BCUT2D eigenvalue weighted by atomic mass is 9.89. The maximum Gasteiger partial charge on any atom is 0.333 e. The summed E-state index contributed by atoms with van der Waals surface area (Å²) < 4.78 is 23.5. The van der Waals surface area contributed by atoms with Crippen molar-refractivity contribution in [1.82, 2.24) is 31.9 Å². The van der Waals surface area contributed by atoms with E-state index in [-0.39, 0.29) is 78.4 Å². The van der Waals surface area contributed by atoms with E-state index in [1.807, 2.05) is 0 Å². The van der Waals surface area contributed by atoms with Crippen LogP contribution < -0.4 is 51.8 Å². The molecule has 0 spiro atoms. The molecule has 6 heterocycles. The van der Waals surface area contributed by atoms with Crippen molar-refractivity contribution >= 4 is 64.6 Å². The summed E-state index contributed by atoms with van der Waals surface area (Å²) in [4.78, 5) is 104. The van der Waals surface area contributed by atoms with Crippen molar-refractivity contribution in [2.45, 2.75) is 54.8 Å². The number of aliphatic hydroxyl groups excluding tert-OH is 1. The summed E-state index contributed by atoms with van der Waals surface area (Å²) in [6, 6.07) is 8.94. The molecule has 8 atom stereocenters. The molecule has 6 amide bonds. The van der Waals surface area contributed by atoms with Crippen LogP contribution >= 0.6 is 23.2 Å². The van der Waals surface area contributed by atoms with Crippen LogP contribution in [0.1, 0.15) is 75.3 Å².